The maximum atomic E-state index is 7.46. The highest BCUT2D eigenvalue weighted by molar-refractivity contribution is 7.99. The highest BCUT2D eigenvalue weighted by atomic mass is 32.2. The van der Waals surface area contributed by atoms with Crippen LogP contribution in [-0.4, -0.2) is 26.8 Å². The molecule has 1 rings (SSSR count). The maximum Gasteiger partial charge on any atom is 0.208 e. The Hall–Kier alpha value is -1.04. The number of unbranched alkanes of at least 4 members (excludes halogenated alkanes) is 1. The lowest BCUT2D eigenvalue weighted by Crippen LogP contribution is -2.30. The molecular weight excluding hydrogens is 234 g/mol. The van der Waals surface area contributed by atoms with Gasteiger partial charge in [-0.1, -0.05) is 32.0 Å². The van der Waals surface area contributed by atoms with Crippen LogP contribution in [0.2, 0.25) is 0 Å². The van der Waals surface area contributed by atoms with Crippen LogP contribution in [0.1, 0.15) is 38.9 Å². The summed E-state index contributed by atoms with van der Waals surface area (Å²) >= 11 is 1.66. The summed E-state index contributed by atoms with van der Waals surface area (Å²) in [5.41, 5.74) is 5.36. The van der Waals surface area contributed by atoms with Gasteiger partial charge >= 0.3 is 0 Å². The molecule has 0 saturated carbocycles. The first-order chi connectivity index (χ1) is 7.92. The van der Waals surface area contributed by atoms with Crippen LogP contribution in [0.25, 0.3) is 0 Å². The normalized spacial score (nSPS) is 11.7. The standard InChI is InChI=1S/C11H21N5S/c1-8-14-10(16-15-8)17-7-5-4-6-11(2,3)9(12)13/h4-7H2,1-3H3,(H3,12,13)(H,14,15,16). The zero-order valence-corrected chi connectivity index (χ0v) is 11.5. The third kappa shape index (κ3) is 4.77. The second kappa shape index (κ2) is 6.05. The van der Waals surface area contributed by atoms with Crippen LogP contribution in [0.15, 0.2) is 5.16 Å². The van der Waals surface area contributed by atoms with E-state index >= 15 is 0 Å². The molecule has 5 nitrogen and oxygen atoms in total. The second-order valence-corrected chi connectivity index (χ2v) is 5.87. The van der Waals surface area contributed by atoms with Crippen LogP contribution in [0, 0.1) is 17.7 Å². The number of aryl methyl sites for hydroxylation is 1. The molecule has 0 fully saturated rings. The molecule has 0 unspecified atom stereocenters. The van der Waals surface area contributed by atoms with Gasteiger partial charge in [-0.2, -0.15) is 0 Å². The Morgan fingerprint density at radius 2 is 2.18 bits per heavy atom. The summed E-state index contributed by atoms with van der Waals surface area (Å²) in [5, 5.41) is 15.2. The van der Waals surface area contributed by atoms with Crippen LogP contribution in [0.5, 0.6) is 0 Å². The van der Waals surface area contributed by atoms with E-state index in [-0.39, 0.29) is 11.3 Å². The fourth-order valence-corrected chi connectivity index (χ4v) is 2.20. The number of hydrogen-bond donors (Lipinski definition) is 3. The number of nitrogens with one attached hydrogen (secondary N) is 2. The molecule has 96 valence electrons. The molecule has 0 spiro atoms. The number of nitrogens with two attached hydrogens (primary N) is 1. The van der Waals surface area contributed by atoms with Gasteiger partial charge in [-0.15, -0.1) is 5.10 Å². The van der Waals surface area contributed by atoms with Crippen LogP contribution >= 0.6 is 11.8 Å². The van der Waals surface area contributed by atoms with Gasteiger partial charge in [-0.25, -0.2) is 4.98 Å². The average Bonchev–Trinajstić information content (AvgIpc) is 2.63. The highest BCUT2D eigenvalue weighted by Crippen LogP contribution is 2.24. The van der Waals surface area contributed by atoms with Crippen LogP contribution in [0.4, 0.5) is 0 Å². The number of amidine groups is 1. The lowest BCUT2D eigenvalue weighted by atomic mass is 9.86. The molecule has 0 aliphatic rings. The predicted octanol–water partition coefficient (Wildman–Crippen LogP) is 2.34. The number of aromatic nitrogens is 3. The zero-order chi connectivity index (χ0) is 12.9. The topological polar surface area (TPSA) is 91.4 Å². The maximum absolute atomic E-state index is 7.46. The largest absolute Gasteiger partial charge is 0.387 e. The van der Waals surface area contributed by atoms with E-state index in [2.05, 4.69) is 15.2 Å². The molecule has 0 atom stereocenters. The number of rotatable bonds is 7. The molecule has 17 heavy (non-hydrogen) atoms. The third-order valence-corrected chi connectivity index (χ3v) is 3.67. The minimum Gasteiger partial charge on any atom is -0.387 e. The van der Waals surface area contributed by atoms with Crippen molar-refractivity contribution in [2.45, 2.75) is 45.2 Å². The average molecular weight is 255 g/mol. The van der Waals surface area contributed by atoms with E-state index < -0.39 is 0 Å². The minimum atomic E-state index is -0.175. The van der Waals surface area contributed by atoms with Crippen molar-refractivity contribution in [1.29, 1.82) is 5.41 Å². The SMILES string of the molecule is Cc1nc(SCCCCC(C)(C)C(=N)N)n[nH]1. The van der Waals surface area contributed by atoms with Crippen molar-refractivity contribution in [3.63, 3.8) is 0 Å². The Labute approximate surface area is 106 Å². The van der Waals surface area contributed by atoms with Gasteiger partial charge in [0.25, 0.3) is 0 Å². The summed E-state index contributed by atoms with van der Waals surface area (Å²) in [7, 11) is 0. The van der Waals surface area contributed by atoms with Crippen LogP contribution in [0.3, 0.4) is 0 Å². The second-order valence-electron chi connectivity index (χ2n) is 4.81. The number of aromatic amines is 1. The van der Waals surface area contributed by atoms with E-state index in [1.165, 1.54) is 0 Å². The molecule has 0 aliphatic carbocycles. The van der Waals surface area contributed by atoms with Crippen molar-refractivity contribution in [2.24, 2.45) is 11.1 Å². The van der Waals surface area contributed by atoms with Gasteiger partial charge < -0.3 is 5.73 Å². The van der Waals surface area contributed by atoms with Crippen molar-refractivity contribution in [3.8, 4) is 0 Å². The Bertz CT molecular complexity index is 372. The first-order valence-electron chi connectivity index (χ1n) is 5.78. The van der Waals surface area contributed by atoms with E-state index in [4.69, 9.17) is 11.1 Å². The molecule has 0 saturated heterocycles. The van der Waals surface area contributed by atoms with Crippen molar-refractivity contribution in [2.75, 3.05) is 5.75 Å². The van der Waals surface area contributed by atoms with Gasteiger partial charge in [-0.3, -0.25) is 10.5 Å². The summed E-state index contributed by atoms with van der Waals surface area (Å²) in [4.78, 5) is 4.23. The van der Waals surface area contributed by atoms with Crippen molar-refractivity contribution in [1.82, 2.24) is 15.2 Å². The Morgan fingerprint density at radius 3 is 2.71 bits per heavy atom. The molecule has 0 amide bonds. The van der Waals surface area contributed by atoms with Crippen LogP contribution in [-0.2, 0) is 0 Å². The Morgan fingerprint density at radius 1 is 1.47 bits per heavy atom. The lowest BCUT2D eigenvalue weighted by molar-refractivity contribution is 0.448. The van der Waals surface area contributed by atoms with Gasteiger partial charge in [0, 0.05) is 11.2 Å². The number of thioether (sulfide) groups is 1. The number of H-pyrrole nitrogens is 1. The van der Waals surface area contributed by atoms with E-state index in [1.54, 1.807) is 11.8 Å². The third-order valence-electron chi connectivity index (χ3n) is 2.73. The summed E-state index contributed by atoms with van der Waals surface area (Å²) in [5.74, 6) is 2.13. The summed E-state index contributed by atoms with van der Waals surface area (Å²) in [6, 6.07) is 0. The monoisotopic (exact) mass is 255 g/mol. The molecule has 6 heteroatoms. The van der Waals surface area contributed by atoms with Gasteiger partial charge in [0.2, 0.25) is 5.16 Å². The molecule has 0 bridgehead atoms. The van der Waals surface area contributed by atoms with Gasteiger partial charge in [0.05, 0.1) is 5.84 Å². The zero-order valence-electron chi connectivity index (χ0n) is 10.7. The molecule has 4 N–H and O–H groups in total. The van der Waals surface area contributed by atoms with E-state index in [0.717, 1.165) is 36.0 Å². The van der Waals surface area contributed by atoms with Crippen molar-refractivity contribution >= 4 is 17.6 Å². The van der Waals surface area contributed by atoms with Crippen molar-refractivity contribution < 1.29 is 0 Å². The summed E-state index contributed by atoms with van der Waals surface area (Å²) in [6.07, 6.45) is 3.12. The molecule has 1 heterocycles. The minimum absolute atomic E-state index is 0.175. The first-order valence-corrected chi connectivity index (χ1v) is 6.77. The molecule has 1 aromatic heterocycles. The molecule has 0 radical (unpaired) electrons. The van der Waals surface area contributed by atoms with E-state index in [9.17, 15) is 0 Å². The quantitative estimate of drug-likeness (QED) is 0.302. The smallest absolute Gasteiger partial charge is 0.208 e. The summed E-state index contributed by atoms with van der Waals surface area (Å²) in [6.45, 7) is 5.93. The van der Waals surface area contributed by atoms with Crippen LogP contribution < -0.4 is 5.73 Å². The van der Waals surface area contributed by atoms with Crippen molar-refractivity contribution in [3.05, 3.63) is 5.82 Å². The highest BCUT2D eigenvalue weighted by Gasteiger charge is 2.20. The van der Waals surface area contributed by atoms with E-state index in [1.807, 2.05) is 20.8 Å². The Balaban J connectivity index is 2.15. The van der Waals surface area contributed by atoms with Gasteiger partial charge in [-0.05, 0) is 19.8 Å². The lowest BCUT2D eigenvalue weighted by Gasteiger charge is -2.22. The molecule has 0 aliphatic heterocycles. The number of nitrogens with zero attached hydrogens (tertiary/aromatic N) is 2. The molecule has 0 aromatic carbocycles. The summed E-state index contributed by atoms with van der Waals surface area (Å²) < 4.78 is 0. The molecule has 1 aromatic rings. The molecular formula is C11H21N5S. The Kier molecular flexibility index (Phi) is 4.99. The van der Waals surface area contributed by atoms with Gasteiger partial charge in [0.1, 0.15) is 5.82 Å². The van der Waals surface area contributed by atoms with Gasteiger partial charge in [0.15, 0.2) is 0 Å². The fraction of sp³-hybridized carbons (Fsp3) is 0.727. The fourth-order valence-electron chi connectivity index (χ4n) is 1.35. The number of hydrogen-bond acceptors (Lipinski definition) is 4. The first kappa shape index (κ1) is 14.0. The van der Waals surface area contributed by atoms with E-state index in [0.29, 0.717) is 0 Å². The predicted molar refractivity (Wildman–Crippen MR) is 71.4 cm³/mol.